The lowest BCUT2D eigenvalue weighted by Gasteiger charge is -2.04. The first-order valence-electron chi connectivity index (χ1n) is 5.09. The predicted octanol–water partition coefficient (Wildman–Crippen LogP) is 1.42. The van der Waals surface area contributed by atoms with Gasteiger partial charge in [-0.1, -0.05) is 12.1 Å². The van der Waals surface area contributed by atoms with Gasteiger partial charge in [0.05, 0.1) is 6.42 Å². The molecule has 2 aromatic rings. The van der Waals surface area contributed by atoms with Crippen LogP contribution in [0.4, 0.5) is 0 Å². The lowest BCUT2D eigenvalue weighted by Crippen LogP contribution is -2.05. The molecule has 0 saturated carbocycles. The van der Waals surface area contributed by atoms with Crippen molar-refractivity contribution >= 4 is 5.97 Å². The van der Waals surface area contributed by atoms with Gasteiger partial charge >= 0.3 is 5.97 Å². The third kappa shape index (κ3) is 2.28. The SMILES string of the molecule is Cn1c(CC(=O)O)cnc1-c1cccc(O)c1. The second-order valence-electron chi connectivity index (χ2n) is 3.75. The van der Waals surface area contributed by atoms with Gasteiger partial charge in [-0.05, 0) is 12.1 Å². The zero-order chi connectivity index (χ0) is 12.4. The van der Waals surface area contributed by atoms with E-state index in [1.54, 1.807) is 29.8 Å². The number of benzene rings is 1. The van der Waals surface area contributed by atoms with Crippen LogP contribution in [0.1, 0.15) is 5.69 Å². The molecule has 0 aliphatic heterocycles. The van der Waals surface area contributed by atoms with Crippen LogP contribution in [0, 0.1) is 0 Å². The van der Waals surface area contributed by atoms with Gasteiger partial charge < -0.3 is 14.8 Å². The third-order valence-corrected chi connectivity index (χ3v) is 2.52. The van der Waals surface area contributed by atoms with Crippen molar-refractivity contribution in [1.29, 1.82) is 0 Å². The number of phenols is 1. The Labute approximate surface area is 98.0 Å². The molecule has 0 bridgehead atoms. The Morgan fingerprint density at radius 3 is 2.88 bits per heavy atom. The Morgan fingerprint density at radius 1 is 1.47 bits per heavy atom. The maximum absolute atomic E-state index is 10.6. The van der Waals surface area contributed by atoms with E-state index in [1.807, 2.05) is 6.07 Å². The first-order chi connectivity index (χ1) is 8.08. The largest absolute Gasteiger partial charge is 0.508 e. The lowest BCUT2D eigenvalue weighted by molar-refractivity contribution is -0.136. The highest BCUT2D eigenvalue weighted by atomic mass is 16.4. The number of hydrogen-bond acceptors (Lipinski definition) is 3. The van der Waals surface area contributed by atoms with E-state index >= 15 is 0 Å². The van der Waals surface area contributed by atoms with Crippen LogP contribution in [-0.4, -0.2) is 25.7 Å². The van der Waals surface area contributed by atoms with Crippen molar-refractivity contribution in [3.63, 3.8) is 0 Å². The molecule has 0 amide bonds. The first-order valence-corrected chi connectivity index (χ1v) is 5.09. The van der Waals surface area contributed by atoms with Crippen LogP contribution >= 0.6 is 0 Å². The molecule has 0 fully saturated rings. The van der Waals surface area contributed by atoms with E-state index in [2.05, 4.69) is 4.98 Å². The van der Waals surface area contributed by atoms with Crippen LogP contribution in [-0.2, 0) is 18.3 Å². The Kier molecular flexibility index (Phi) is 2.82. The van der Waals surface area contributed by atoms with Gasteiger partial charge in [-0.3, -0.25) is 4.79 Å². The zero-order valence-electron chi connectivity index (χ0n) is 9.29. The van der Waals surface area contributed by atoms with Crippen molar-refractivity contribution in [2.75, 3.05) is 0 Å². The molecule has 88 valence electrons. The van der Waals surface area contributed by atoms with Crippen LogP contribution in [0.15, 0.2) is 30.5 Å². The molecule has 2 rings (SSSR count). The summed E-state index contributed by atoms with van der Waals surface area (Å²) in [5.74, 6) is -0.0992. The van der Waals surface area contributed by atoms with Crippen molar-refractivity contribution in [2.24, 2.45) is 7.05 Å². The molecule has 1 aromatic heterocycles. The highest BCUT2D eigenvalue weighted by molar-refractivity contribution is 5.70. The molecule has 0 saturated heterocycles. The molecule has 0 unspecified atom stereocenters. The fourth-order valence-corrected chi connectivity index (χ4v) is 1.68. The number of aliphatic carboxylic acids is 1. The van der Waals surface area contributed by atoms with Crippen LogP contribution in [0.3, 0.4) is 0 Å². The average molecular weight is 232 g/mol. The summed E-state index contributed by atoms with van der Waals surface area (Å²) in [6, 6.07) is 6.69. The normalized spacial score (nSPS) is 10.4. The van der Waals surface area contributed by atoms with Gasteiger partial charge in [-0.2, -0.15) is 0 Å². The number of imidazole rings is 1. The van der Waals surface area contributed by atoms with Crippen molar-refractivity contribution in [2.45, 2.75) is 6.42 Å². The van der Waals surface area contributed by atoms with E-state index in [9.17, 15) is 9.90 Å². The number of phenolic OH excluding ortho intramolecular Hbond substituents is 1. The molecule has 5 heteroatoms. The van der Waals surface area contributed by atoms with Crippen LogP contribution in [0.25, 0.3) is 11.4 Å². The Balaban J connectivity index is 2.40. The molecule has 0 spiro atoms. The number of carboxylic acids is 1. The van der Waals surface area contributed by atoms with E-state index in [0.717, 1.165) is 5.56 Å². The Hall–Kier alpha value is -2.30. The summed E-state index contributed by atoms with van der Waals surface area (Å²) in [5, 5.41) is 18.1. The molecule has 0 radical (unpaired) electrons. The van der Waals surface area contributed by atoms with Crippen molar-refractivity contribution in [3.8, 4) is 17.1 Å². The smallest absolute Gasteiger partial charge is 0.309 e. The minimum Gasteiger partial charge on any atom is -0.508 e. The molecule has 0 atom stereocenters. The van der Waals surface area contributed by atoms with Gasteiger partial charge in [0, 0.05) is 24.5 Å². The van der Waals surface area contributed by atoms with Gasteiger partial charge in [-0.25, -0.2) is 4.98 Å². The number of nitrogens with zero attached hydrogens (tertiary/aromatic N) is 2. The molecule has 1 heterocycles. The molecular formula is C12H12N2O3. The van der Waals surface area contributed by atoms with Crippen LogP contribution < -0.4 is 0 Å². The first kappa shape index (κ1) is 11.2. The zero-order valence-corrected chi connectivity index (χ0v) is 9.29. The topological polar surface area (TPSA) is 75.4 Å². The van der Waals surface area contributed by atoms with Crippen molar-refractivity contribution in [1.82, 2.24) is 9.55 Å². The van der Waals surface area contributed by atoms with E-state index in [4.69, 9.17) is 5.11 Å². The molecule has 0 aliphatic rings. The van der Waals surface area contributed by atoms with E-state index < -0.39 is 5.97 Å². The predicted molar refractivity (Wildman–Crippen MR) is 61.6 cm³/mol. The van der Waals surface area contributed by atoms with Gasteiger partial charge in [0.1, 0.15) is 11.6 Å². The van der Waals surface area contributed by atoms with Gasteiger partial charge in [0.25, 0.3) is 0 Å². The third-order valence-electron chi connectivity index (χ3n) is 2.52. The highest BCUT2D eigenvalue weighted by Crippen LogP contribution is 2.22. The Morgan fingerprint density at radius 2 is 2.24 bits per heavy atom. The fourth-order valence-electron chi connectivity index (χ4n) is 1.68. The van der Waals surface area contributed by atoms with E-state index in [0.29, 0.717) is 11.5 Å². The lowest BCUT2D eigenvalue weighted by atomic mass is 10.2. The minimum atomic E-state index is -0.893. The monoisotopic (exact) mass is 232 g/mol. The standard InChI is InChI=1S/C12H12N2O3/c1-14-9(6-11(16)17)7-13-12(14)8-3-2-4-10(15)5-8/h2-5,7,15H,6H2,1H3,(H,16,17). The summed E-state index contributed by atoms with van der Waals surface area (Å²) in [5.41, 5.74) is 1.37. The molecular weight excluding hydrogens is 220 g/mol. The molecule has 2 N–H and O–H groups in total. The van der Waals surface area contributed by atoms with Crippen LogP contribution in [0.5, 0.6) is 5.75 Å². The summed E-state index contributed by atoms with van der Waals surface area (Å²) in [7, 11) is 1.75. The number of rotatable bonds is 3. The quantitative estimate of drug-likeness (QED) is 0.839. The maximum atomic E-state index is 10.6. The maximum Gasteiger partial charge on any atom is 0.309 e. The van der Waals surface area contributed by atoms with Gasteiger partial charge in [0.15, 0.2) is 0 Å². The second kappa shape index (κ2) is 4.29. The summed E-state index contributed by atoms with van der Waals surface area (Å²) < 4.78 is 1.71. The molecule has 17 heavy (non-hydrogen) atoms. The highest BCUT2D eigenvalue weighted by Gasteiger charge is 2.11. The molecule has 1 aromatic carbocycles. The molecule has 0 aliphatic carbocycles. The fraction of sp³-hybridized carbons (Fsp3) is 0.167. The van der Waals surface area contributed by atoms with E-state index in [-0.39, 0.29) is 12.2 Å². The van der Waals surface area contributed by atoms with Gasteiger partial charge in [-0.15, -0.1) is 0 Å². The molecule has 5 nitrogen and oxygen atoms in total. The summed E-state index contributed by atoms with van der Waals surface area (Å²) in [6.45, 7) is 0. The second-order valence-corrected chi connectivity index (χ2v) is 3.75. The minimum absolute atomic E-state index is 0.0671. The van der Waals surface area contributed by atoms with Crippen LogP contribution in [0.2, 0.25) is 0 Å². The number of carboxylic acid groups (broad SMARTS) is 1. The average Bonchev–Trinajstić information content (AvgIpc) is 2.60. The van der Waals surface area contributed by atoms with E-state index in [1.165, 1.54) is 6.20 Å². The summed E-state index contributed by atoms with van der Waals surface area (Å²) >= 11 is 0. The summed E-state index contributed by atoms with van der Waals surface area (Å²) in [6.07, 6.45) is 1.47. The summed E-state index contributed by atoms with van der Waals surface area (Å²) in [4.78, 5) is 14.8. The number of aromatic nitrogens is 2. The number of carbonyl (C=O) groups is 1. The van der Waals surface area contributed by atoms with Gasteiger partial charge in [0.2, 0.25) is 0 Å². The van der Waals surface area contributed by atoms with Crippen molar-refractivity contribution in [3.05, 3.63) is 36.2 Å². The number of hydrogen-bond donors (Lipinski definition) is 2. The number of aromatic hydroxyl groups is 1. The van der Waals surface area contributed by atoms with Crippen molar-refractivity contribution < 1.29 is 15.0 Å². The Bertz CT molecular complexity index is 561.